The van der Waals surface area contributed by atoms with Crippen LogP contribution in [0.25, 0.3) is 6.08 Å². The van der Waals surface area contributed by atoms with Crippen molar-refractivity contribution in [3.8, 4) is 5.75 Å². The first-order chi connectivity index (χ1) is 13.1. The molecule has 27 heavy (non-hydrogen) atoms. The number of thiocarbonyl (C=S) groups is 1. The fourth-order valence-electron chi connectivity index (χ4n) is 2.48. The number of nitrogens with one attached hydrogen (secondary N) is 1. The molecule has 1 aliphatic heterocycles. The number of carbonyl (C=O) groups is 2. The first-order valence-corrected chi connectivity index (χ1v) is 9.62. The maximum atomic E-state index is 12.6. The summed E-state index contributed by atoms with van der Waals surface area (Å²) in [7, 11) is 0. The van der Waals surface area contributed by atoms with Crippen molar-refractivity contribution in [2.24, 2.45) is 0 Å². The summed E-state index contributed by atoms with van der Waals surface area (Å²) in [4.78, 5) is 26.7. The first kappa shape index (κ1) is 19.1. The Kier molecular flexibility index (Phi) is 6.26. The summed E-state index contributed by atoms with van der Waals surface area (Å²) in [6, 6.07) is 16.5. The summed E-state index contributed by atoms with van der Waals surface area (Å²) in [6.45, 7) is 2.41. The number of hydrogen-bond donors (Lipinski definition) is 1. The Hall–Kier alpha value is -2.64. The van der Waals surface area contributed by atoms with Crippen molar-refractivity contribution in [3.63, 3.8) is 0 Å². The van der Waals surface area contributed by atoms with Gasteiger partial charge in [-0.05, 0) is 42.8 Å². The summed E-state index contributed by atoms with van der Waals surface area (Å²) in [5.74, 6) is 0.224. The van der Waals surface area contributed by atoms with Gasteiger partial charge in [-0.25, -0.2) is 0 Å². The Morgan fingerprint density at radius 2 is 1.89 bits per heavy atom. The lowest BCUT2D eigenvalue weighted by molar-refractivity contribution is -0.126. The van der Waals surface area contributed by atoms with Crippen LogP contribution in [0.4, 0.5) is 5.69 Å². The molecule has 0 spiro atoms. The van der Waals surface area contributed by atoms with Crippen molar-refractivity contribution in [2.45, 2.75) is 6.92 Å². The zero-order valence-electron chi connectivity index (χ0n) is 14.7. The molecule has 2 amide bonds. The van der Waals surface area contributed by atoms with Gasteiger partial charge in [0.15, 0.2) is 0 Å². The van der Waals surface area contributed by atoms with Gasteiger partial charge in [-0.1, -0.05) is 54.3 Å². The van der Waals surface area contributed by atoms with Crippen molar-refractivity contribution < 1.29 is 14.3 Å². The largest absolute Gasteiger partial charge is 0.494 e. The fourth-order valence-corrected chi connectivity index (χ4v) is 3.74. The average Bonchev–Trinajstić information content (AvgIpc) is 2.92. The van der Waals surface area contributed by atoms with Gasteiger partial charge in [-0.15, -0.1) is 0 Å². The maximum Gasteiger partial charge on any atom is 0.266 e. The molecule has 1 aliphatic rings. The van der Waals surface area contributed by atoms with Crippen molar-refractivity contribution in [2.75, 3.05) is 18.5 Å². The van der Waals surface area contributed by atoms with Gasteiger partial charge in [0, 0.05) is 5.69 Å². The third-order valence-corrected chi connectivity index (χ3v) is 5.10. The predicted molar refractivity (Wildman–Crippen MR) is 113 cm³/mol. The number of thioether (sulfide) groups is 1. The van der Waals surface area contributed by atoms with E-state index in [1.165, 1.54) is 16.7 Å². The zero-order chi connectivity index (χ0) is 19.2. The number of anilines is 1. The Bertz CT molecular complexity index is 880. The summed E-state index contributed by atoms with van der Waals surface area (Å²) in [5.41, 5.74) is 1.55. The van der Waals surface area contributed by atoms with Gasteiger partial charge in [0.05, 0.1) is 11.5 Å². The summed E-state index contributed by atoms with van der Waals surface area (Å²) in [5, 5.41) is 2.76. The van der Waals surface area contributed by atoms with Gasteiger partial charge in [-0.3, -0.25) is 14.5 Å². The Morgan fingerprint density at radius 3 is 2.56 bits per heavy atom. The molecule has 138 valence electrons. The highest BCUT2D eigenvalue weighted by Crippen LogP contribution is 2.32. The number of amides is 2. The van der Waals surface area contributed by atoms with Gasteiger partial charge < -0.3 is 10.1 Å². The summed E-state index contributed by atoms with van der Waals surface area (Å²) >= 11 is 6.47. The molecular weight excluding hydrogens is 380 g/mol. The van der Waals surface area contributed by atoms with Crippen molar-refractivity contribution in [1.82, 2.24) is 4.90 Å². The standard InChI is InChI=1S/C20H18N2O3S2/c1-2-25-16-10-8-14(9-11-16)12-17-19(24)22(20(26)27-17)13-18(23)21-15-6-4-3-5-7-15/h3-12H,2,13H2,1H3,(H,21,23)/b17-12-. The van der Waals surface area contributed by atoms with E-state index in [-0.39, 0.29) is 18.4 Å². The van der Waals surface area contributed by atoms with Crippen LogP contribution in [0.3, 0.4) is 0 Å². The third kappa shape index (κ3) is 4.96. The van der Waals surface area contributed by atoms with Gasteiger partial charge in [-0.2, -0.15) is 0 Å². The van der Waals surface area contributed by atoms with E-state index in [0.717, 1.165) is 11.3 Å². The molecule has 1 heterocycles. The number of nitrogens with zero attached hydrogens (tertiary/aromatic N) is 1. The minimum absolute atomic E-state index is 0.111. The molecule has 0 aromatic heterocycles. The fraction of sp³-hybridized carbons (Fsp3) is 0.150. The predicted octanol–water partition coefficient (Wildman–Crippen LogP) is 3.93. The van der Waals surface area contributed by atoms with Crippen LogP contribution in [-0.2, 0) is 9.59 Å². The second kappa shape index (κ2) is 8.83. The Labute approximate surface area is 167 Å². The second-order valence-corrected chi connectivity index (χ2v) is 7.36. The van der Waals surface area contributed by atoms with Gasteiger partial charge >= 0.3 is 0 Å². The maximum absolute atomic E-state index is 12.6. The number of rotatable bonds is 6. The molecule has 1 N–H and O–H groups in total. The van der Waals surface area contributed by atoms with E-state index in [9.17, 15) is 9.59 Å². The molecule has 0 saturated carbocycles. The van der Waals surface area contributed by atoms with E-state index in [4.69, 9.17) is 17.0 Å². The molecule has 2 aromatic rings. The van der Waals surface area contributed by atoms with Crippen molar-refractivity contribution >= 4 is 51.9 Å². The van der Waals surface area contributed by atoms with Crippen LogP contribution in [0.1, 0.15) is 12.5 Å². The van der Waals surface area contributed by atoms with Gasteiger partial charge in [0.1, 0.15) is 16.6 Å². The molecule has 0 atom stereocenters. The molecule has 5 nitrogen and oxygen atoms in total. The minimum atomic E-state index is -0.292. The third-order valence-electron chi connectivity index (χ3n) is 3.72. The van der Waals surface area contributed by atoms with Crippen molar-refractivity contribution in [3.05, 3.63) is 65.1 Å². The normalized spacial score (nSPS) is 15.3. The number of carbonyl (C=O) groups excluding carboxylic acids is 2. The number of para-hydroxylation sites is 1. The monoisotopic (exact) mass is 398 g/mol. The second-order valence-electron chi connectivity index (χ2n) is 5.68. The molecule has 7 heteroatoms. The van der Waals surface area contributed by atoms with Crippen molar-refractivity contribution in [1.29, 1.82) is 0 Å². The Balaban J connectivity index is 1.66. The average molecular weight is 399 g/mol. The van der Waals surface area contributed by atoms with Crippen LogP contribution in [-0.4, -0.2) is 34.2 Å². The number of benzene rings is 2. The lowest BCUT2D eigenvalue weighted by Crippen LogP contribution is -2.36. The van der Waals surface area contributed by atoms with Crippen LogP contribution in [0.15, 0.2) is 59.5 Å². The van der Waals surface area contributed by atoms with E-state index >= 15 is 0 Å². The number of hydrogen-bond acceptors (Lipinski definition) is 5. The molecule has 0 unspecified atom stereocenters. The quantitative estimate of drug-likeness (QED) is 0.590. The van der Waals surface area contributed by atoms with E-state index in [0.29, 0.717) is 21.5 Å². The van der Waals surface area contributed by atoms with Crippen LogP contribution >= 0.6 is 24.0 Å². The Morgan fingerprint density at radius 1 is 1.19 bits per heavy atom. The van der Waals surface area contributed by atoms with E-state index < -0.39 is 0 Å². The highest BCUT2D eigenvalue weighted by Gasteiger charge is 2.33. The van der Waals surface area contributed by atoms with E-state index in [1.54, 1.807) is 18.2 Å². The molecule has 1 saturated heterocycles. The molecular formula is C20H18N2O3S2. The highest BCUT2D eigenvalue weighted by molar-refractivity contribution is 8.26. The first-order valence-electron chi connectivity index (χ1n) is 8.40. The lowest BCUT2D eigenvalue weighted by Gasteiger charge is -2.14. The summed E-state index contributed by atoms with van der Waals surface area (Å²) < 4.78 is 5.79. The lowest BCUT2D eigenvalue weighted by atomic mass is 10.2. The van der Waals surface area contributed by atoms with Crippen LogP contribution in [0.2, 0.25) is 0 Å². The smallest absolute Gasteiger partial charge is 0.266 e. The zero-order valence-corrected chi connectivity index (χ0v) is 16.3. The van der Waals surface area contributed by atoms with Crippen LogP contribution in [0, 0.1) is 0 Å². The van der Waals surface area contributed by atoms with Gasteiger partial charge in [0.25, 0.3) is 5.91 Å². The molecule has 1 fully saturated rings. The molecule has 3 rings (SSSR count). The van der Waals surface area contributed by atoms with Crippen LogP contribution in [0.5, 0.6) is 5.75 Å². The van der Waals surface area contributed by atoms with E-state index in [1.807, 2.05) is 49.4 Å². The number of ether oxygens (including phenoxy) is 1. The van der Waals surface area contributed by atoms with E-state index in [2.05, 4.69) is 5.32 Å². The minimum Gasteiger partial charge on any atom is -0.494 e. The molecule has 2 aromatic carbocycles. The highest BCUT2D eigenvalue weighted by atomic mass is 32.2. The topological polar surface area (TPSA) is 58.6 Å². The van der Waals surface area contributed by atoms with Gasteiger partial charge in [0.2, 0.25) is 5.91 Å². The van der Waals surface area contributed by atoms with Crippen LogP contribution < -0.4 is 10.1 Å². The molecule has 0 radical (unpaired) electrons. The molecule has 0 aliphatic carbocycles. The SMILES string of the molecule is CCOc1ccc(/C=C2\SC(=S)N(CC(=O)Nc3ccccc3)C2=O)cc1. The summed E-state index contributed by atoms with van der Waals surface area (Å²) in [6.07, 6.45) is 1.77. The molecule has 0 bridgehead atoms.